The van der Waals surface area contributed by atoms with E-state index in [0.29, 0.717) is 6.61 Å². The Morgan fingerprint density at radius 2 is 2.26 bits per heavy atom. The van der Waals surface area contributed by atoms with Crippen molar-refractivity contribution < 1.29 is 9.53 Å². The lowest BCUT2D eigenvalue weighted by Crippen LogP contribution is -2.42. The fourth-order valence-corrected chi connectivity index (χ4v) is 3.60. The number of hydrogen-bond donors (Lipinski definition) is 1. The van der Waals surface area contributed by atoms with Crippen molar-refractivity contribution in [3.8, 4) is 0 Å². The Morgan fingerprint density at radius 1 is 1.48 bits per heavy atom. The Hall–Kier alpha value is -1.20. The van der Waals surface area contributed by atoms with E-state index in [4.69, 9.17) is 4.74 Å². The Morgan fingerprint density at radius 3 is 3.00 bits per heavy atom. The highest BCUT2D eigenvalue weighted by Crippen LogP contribution is 2.36. The van der Waals surface area contributed by atoms with Crippen molar-refractivity contribution in [2.24, 2.45) is 0 Å². The van der Waals surface area contributed by atoms with Crippen molar-refractivity contribution in [1.82, 2.24) is 5.32 Å². The van der Waals surface area contributed by atoms with E-state index < -0.39 is 0 Å². The molecule has 1 aromatic carbocycles. The number of fused-ring (bicyclic) bond motifs is 1. The minimum Gasteiger partial charge on any atom is -0.464 e. The summed E-state index contributed by atoms with van der Waals surface area (Å²) >= 11 is 3.54. The lowest BCUT2D eigenvalue weighted by atomic mass is 9.95. The molecule has 0 fully saturated rings. The second-order valence-corrected chi connectivity index (χ2v) is 6.72. The van der Waals surface area contributed by atoms with E-state index in [1.54, 1.807) is 0 Å². The van der Waals surface area contributed by atoms with Gasteiger partial charge in [0.2, 0.25) is 0 Å². The van der Waals surface area contributed by atoms with Crippen molar-refractivity contribution in [3.63, 3.8) is 0 Å². The first-order valence-electron chi connectivity index (χ1n) is 7.77. The Balaban J connectivity index is 0.00000192. The van der Waals surface area contributed by atoms with Gasteiger partial charge in [-0.05, 0) is 55.9 Å². The van der Waals surface area contributed by atoms with Crippen LogP contribution in [0.3, 0.4) is 0 Å². The number of benzene rings is 1. The average Bonchev–Trinajstić information content (AvgIpc) is 2.71. The summed E-state index contributed by atoms with van der Waals surface area (Å²) in [6.07, 6.45) is 3.80. The number of carbonyl (C=O) groups is 1. The minimum absolute atomic E-state index is 0. The highest BCUT2D eigenvalue weighted by Gasteiger charge is 2.30. The standard InChI is InChI=1S/C17H21BrN2O2.ClH/c1-3-22-17(21)14-6-4-5-12-9-11-7-8-13(18)10-15(11)20(2)16(12)19-14;/h7-8,10,14,19H,3-6,9H2,1-2H3;1H. The fourth-order valence-electron chi connectivity index (χ4n) is 3.25. The molecule has 0 saturated heterocycles. The van der Waals surface area contributed by atoms with E-state index in [-0.39, 0.29) is 24.4 Å². The first-order valence-corrected chi connectivity index (χ1v) is 8.56. The van der Waals surface area contributed by atoms with Gasteiger partial charge in [-0.25, -0.2) is 4.79 Å². The topological polar surface area (TPSA) is 41.6 Å². The second-order valence-electron chi connectivity index (χ2n) is 5.80. The number of nitrogens with zero attached hydrogens (tertiary/aromatic N) is 1. The number of allylic oxidation sites excluding steroid dienone is 1. The van der Waals surface area contributed by atoms with Gasteiger partial charge in [0.25, 0.3) is 0 Å². The van der Waals surface area contributed by atoms with Crippen molar-refractivity contribution in [2.75, 3.05) is 18.6 Å². The quantitative estimate of drug-likeness (QED) is 0.766. The Labute approximate surface area is 151 Å². The van der Waals surface area contributed by atoms with Crippen LogP contribution in [-0.2, 0) is 16.0 Å². The molecule has 2 aliphatic heterocycles. The largest absolute Gasteiger partial charge is 0.464 e. The van der Waals surface area contributed by atoms with Gasteiger partial charge >= 0.3 is 5.97 Å². The summed E-state index contributed by atoms with van der Waals surface area (Å²) in [4.78, 5) is 14.3. The number of nitrogens with one attached hydrogen (secondary N) is 1. The van der Waals surface area contributed by atoms with Crippen LogP contribution in [0.25, 0.3) is 0 Å². The van der Waals surface area contributed by atoms with Crippen LogP contribution >= 0.6 is 28.3 Å². The second kappa shape index (κ2) is 7.58. The molecule has 0 aromatic heterocycles. The molecule has 0 spiro atoms. The third kappa shape index (κ3) is 3.66. The monoisotopic (exact) mass is 400 g/mol. The SMILES string of the molecule is CCOC(=O)C1CCCC2=C(N1)N(C)c1cc(Br)ccc1C2.Cl. The lowest BCUT2D eigenvalue weighted by molar-refractivity contribution is -0.145. The van der Waals surface area contributed by atoms with Gasteiger partial charge in [0.1, 0.15) is 11.9 Å². The molecule has 0 bridgehead atoms. The predicted octanol–water partition coefficient (Wildman–Crippen LogP) is 3.78. The highest BCUT2D eigenvalue weighted by atomic mass is 79.9. The lowest BCUT2D eigenvalue weighted by Gasteiger charge is -2.33. The van der Waals surface area contributed by atoms with Gasteiger partial charge in [-0.2, -0.15) is 0 Å². The smallest absolute Gasteiger partial charge is 0.328 e. The normalized spacial score (nSPS) is 19.8. The van der Waals surface area contributed by atoms with Gasteiger partial charge in [-0.1, -0.05) is 22.0 Å². The maximum absolute atomic E-state index is 12.1. The van der Waals surface area contributed by atoms with E-state index in [2.05, 4.69) is 51.4 Å². The molecule has 6 heteroatoms. The van der Waals surface area contributed by atoms with Crippen LogP contribution in [0, 0.1) is 0 Å². The predicted molar refractivity (Wildman–Crippen MR) is 97.9 cm³/mol. The summed E-state index contributed by atoms with van der Waals surface area (Å²) in [6, 6.07) is 6.14. The van der Waals surface area contributed by atoms with Crippen LogP contribution in [0.5, 0.6) is 0 Å². The van der Waals surface area contributed by atoms with Gasteiger partial charge in [-0.3, -0.25) is 0 Å². The van der Waals surface area contributed by atoms with Gasteiger partial charge in [-0.15, -0.1) is 12.4 Å². The van der Waals surface area contributed by atoms with E-state index in [1.807, 2.05) is 6.92 Å². The first-order chi connectivity index (χ1) is 10.6. The van der Waals surface area contributed by atoms with E-state index in [9.17, 15) is 4.79 Å². The molecule has 1 unspecified atom stereocenters. The molecule has 0 saturated carbocycles. The van der Waals surface area contributed by atoms with Gasteiger partial charge in [0.05, 0.1) is 6.61 Å². The van der Waals surface area contributed by atoms with Crippen molar-refractivity contribution in [2.45, 2.75) is 38.6 Å². The first kappa shape index (κ1) is 18.1. The third-order valence-corrected chi connectivity index (χ3v) is 4.83. The van der Waals surface area contributed by atoms with Gasteiger partial charge < -0.3 is 15.0 Å². The third-order valence-electron chi connectivity index (χ3n) is 4.34. The fraction of sp³-hybridized carbons (Fsp3) is 0.471. The summed E-state index contributed by atoms with van der Waals surface area (Å²) in [5, 5.41) is 3.43. The number of rotatable bonds is 2. The number of esters is 1. The van der Waals surface area contributed by atoms with Crippen LogP contribution in [-0.4, -0.2) is 25.7 Å². The van der Waals surface area contributed by atoms with E-state index in [0.717, 1.165) is 36.0 Å². The van der Waals surface area contributed by atoms with Gasteiger partial charge in [0, 0.05) is 17.2 Å². The Bertz CT molecular complexity index is 633. The van der Waals surface area contributed by atoms with Crippen LogP contribution in [0.4, 0.5) is 5.69 Å². The van der Waals surface area contributed by atoms with Crippen molar-refractivity contribution in [1.29, 1.82) is 0 Å². The molecule has 3 rings (SSSR count). The Kier molecular flexibility index (Phi) is 5.98. The van der Waals surface area contributed by atoms with E-state index >= 15 is 0 Å². The molecule has 2 aliphatic rings. The summed E-state index contributed by atoms with van der Waals surface area (Å²) < 4.78 is 6.26. The maximum Gasteiger partial charge on any atom is 0.328 e. The average molecular weight is 402 g/mol. The van der Waals surface area contributed by atoms with E-state index in [1.165, 1.54) is 16.8 Å². The minimum atomic E-state index is -0.247. The van der Waals surface area contributed by atoms with Crippen LogP contribution < -0.4 is 10.2 Å². The van der Waals surface area contributed by atoms with Gasteiger partial charge in [0.15, 0.2) is 0 Å². The zero-order valence-electron chi connectivity index (χ0n) is 13.4. The summed E-state index contributed by atoms with van der Waals surface area (Å²) in [7, 11) is 2.06. The molecule has 0 amide bonds. The molecule has 1 aromatic rings. The molecule has 126 valence electrons. The summed E-state index contributed by atoms with van der Waals surface area (Å²) in [6.45, 7) is 2.27. The zero-order chi connectivity index (χ0) is 15.7. The van der Waals surface area contributed by atoms with Crippen molar-refractivity contribution in [3.05, 3.63) is 39.6 Å². The molecular formula is C17H22BrClN2O2. The number of carbonyl (C=O) groups excluding carboxylic acids is 1. The summed E-state index contributed by atoms with van der Waals surface area (Å²) in [5.41, 5.74) is 3.90. The molecule has 2 heterocycles. The molecule has 1 N–H and O–H groups in total. The molecule has 0 radical (unpaired) electrons. The molecule has 23 heavy (non-hydrogen) atoms. The molecule has 0 aliphatic carbocycles. The molecule has 4 nitrogen and oxygen atoms in total. The van der Waals surface area contributed by atoms with Crippen LogP contribution in [0.1, 0.15) is 31.7 Å². The van der Waals surface area contributed by atoms with Crippen LogP contribution in [0.2, 0.25) is 0 Å². The summed E-state index contributed by atoms with van der Waals surface area (Å²) in [5.74, 6) is 0.922. The number of halogens is 2. The van der Waals surface area contributed by atoms with Crippen LogP contribution in [0.15, 0.2) is 34.1 Å². The molecular weight excluding hydrogens is 380 g/mol. The number of hydrogen-bond acceptors (Lipinski definition) is 4. The molecule has 1 atom stereocenters. The highest BCUT2D eigenvalue weighted by molar-refractivity contribution is 9.10. The number of anilines is 1. The zero-order valence-corrected chi connectivity index (χ0v) is 15.8. The maximum atomic E-state index is 12.1. The van der Waals surface area contributed by atoms with Crippen molar-refractivity contribution >= 4 is 40.0 Å². The number of ether oxygens (including phenoxy) is 1.